The minimum atomic E-state index is 0.792. The molecule has 3 heteroatoms. The zero-order chi connectivity index (χ0) is 11.0. The van der Waals surface area contributed by atoms with E-state index in [2.05, 4.69) is 35.5 Å². The van der Waals surface area contributed by atoms with Crippen LogP contribution in [0, 0.1) is 0 Å². The molecule has 3 aliphatic rings. The fourth-order valence-corrected chi connectivity index (χ4v) is 6.14. The highest BCUT2D eigenvalue weighted by Gasteiger charge is 2.36. The van der Waals surface area contributed by atoms with Gasteiger partial charge in [-0.05, 0) is 62.7 Å². The highest BCUT2D eigenvalue weighted by atomic mass is 32.2. The average Bonchev–Trinajstić information content (AvgIpc) is 2.56. The van der Waals surface area contributed by atoms with E-state index in [-0.39, 0.29) is 0 Å². The van der Waals surface area contributed by atoms with Crippen LogP contribution in [0.25, 0.3) is 0 Å². The fraction of sp³-hybridized carbons (Fsp3) is 0.846. The first-order valence-electron chi connectivity index (χ1n) is 6.57. The smallest absolute Gasteiger partial charge is 0.0408 e. The summed E-state index contributed by atoms with van der Waals surface area (Å²) < 4.78 is 1.70. The lowest BCUT2D eigenvalue weighted by molar-refractivity contribution is 0.265. The Kier molecular flexibility index (Phi) is 3.55. The Morgan fingerprint density at radius 3 is 2.69 bits per heavy atom. The molecule has 0 saturated carbocycles. The van der Waals surface area contributed by atoms with E-state index in [1.807, 2.05) is 0 Å². The van der Waals surface area contributed by atoms with Crippen molar-refractivity contribution in [2.24, 2.45) is 0 Å². The van der Waals surface area contributed by atoms with Gasteiger partial charge in [0.2, 0.25) is 0 Å². The predicted octanol–water partition coefficient (Wildman–Crippen LogP) is 3.71. The van der Waals surface area contributed by atoms with Crippen molar-refractivity contribution in [2.45, 2.75) is 50.6 Å². The zero-order valence-electron chi connectivity index (χ0n) is 10.1. The summed E-state index contributed by atoms with van der Waals surface area (Å²) in [6.07, 6.45) is 8.48. The molecular weight excluding hydrogens is 234 g/mol. The van der Waals surface area contributed by atoms with Crippen LogP contribution in [0.4, 0.5) is 0 Å². The number of nitrogens with zero attached hydrogens (tertiary/aromatic N) is 1. The number of fused-ring (bicyclic) bond motifs is 2. The molecule has 2 bridgehead atoms. The van der Waals surface area contributed by atoms with Gasteiger partial charge in [-0.15, -0.1) is 23.5 Å². The molecule has 0 aromatic carbocycles. The molecular formula is C13H21NS2. The van der Waals surface area contributed by atoms with Crippen LogP contribution in [0.15, 0.2) is 9.81 Å². The summed E-state index contributed by atoms with van der Waals surface area (Å²) in [5.41, 5.74) is 1.80. The average molecular weight is 255 g/mol. The van der Waals surface area contributed by atoms with E-state index in [1.165, 1.54) is 50.0 Å². The summed E-state index contributed by atoms with van der Waals surface area (Å²) in [6, 6.07) is 1.68. The Balaban J connectivity index is 1.87. The molecule has 2 atom stereocenters. The quantitative estimate of drug-likeness (QED) is 0.649. The summed E-state index contributed by atoms with van der Waals surface area (Å²) in [5, 5.41) is 0. The molecule has 0 unspecified atom stereocenters. The second kappa shape index (κ2) is 4.95. The second-order valence-electron chi connectivity index (χ2n) is 5.17. The topological polar surface area (TPSA) is 3.24 Å². The Hall–Kier alpha value is 0.400. The van der Waals surface area contributed by atoms with Crippen LogP contribution < -0.4 is 0 Å². The molecule has 0 aromatic rings. The number of hydrogen-bond acceptors (Lipinski definition) is 3. The van der Waals surface area contributed by atoms with Gasteiger partial charge in [0.15, 0.2) is 0 Å². The standard InChI is InChI=1S/C13H21NS2/c1-14-10-4-2-5-11(12(14)7-6-10)13-15-8-3-9-16-13/h10,12H,2-9H2,1H3/t10-,12+/m0/s1. The fourth-order valence-electron chi connectivity index (χ4n) is 3.33. The highest BCUT2D eigenvalue weighted by molar-refractivity contribution is 8.22. The first-order chi connectivity index (χ1) is 7.86. The van der Waals surface area contributed by atoms with Crippen molar-refractivity contribution in [3.8, 4) is 0 Å². The van der Waals surface area contributed by atoms with Gasteiger partial charge in [0.05, 0.1) is 0 Å². The summed E-state index contributed by atoms with van der Waals surface area (Å²) in [5.74, 6) is 2.71. The third-order valence-electron chi connectivity index (χ3n) is 4.24. The largest absolute Gasteiger partial charge is 0.297 e. The molecule has 3 saturated heterocycles. The maximum Gasteiger partial charge on any atom is 0.0408 e. The van der Waals surface area contributed by atoms with Gasteiger partial charge in [-0.2, -0.15) is 0 Å². The summed E-state index contributed by atoms with van der Waals surface area (Å²) in [4.78, 5) is 2.67. The zero-order valence-corrected chi connectivity index (χ0v) is 11.7. The van der Waals surface area contributed by atoms with Crippen molar-refractivity contribution in [3.63, 3.8) is 0 Å². The minimum absolute atomic E-state index is 0.792. The van der Waals surface area contributed by atoms with E-state index in [1.54, 1.807) is 9.81 Å². The number of thioether (sulfide) groups is 2. The third kappa shape index (κ3) is 2.06. The highest BCUT2D eigenvalue weighted by Crippen LogP contribution is 2.44. The van der Waals surface area contributed by atoms with Crippen LogP contribution in [0.3, 0.4) is 0 Å². The number of hydrogen-bond donors (Lipinski definition) is 0. The maximum absolute atomic E-state index is 2.67. The van der Waals surface area contributed by atoms with Crippen LogP contribution in [-0.2, 0) is 0 Å². The molecule has 3 heterocycles. The molecule has 3 fully saturated rings. The number of rotatable bonds is 0. The molecule has 0 aliphatic carbocycles. The Morgan fingerprint density at radius 1 is 1.06 bits per heavy atom. The van der Waals surface area contributed by atoms with Crippen molar-refractivity contribution < 1.29 is 0 Å². The van der Waals surface area contributed by atoms with E-state index < -0.39 is 0 Å². The predicted molar refractivity (Wildman–Crippen MR) is 75.0 cm³/mol. The lowest BCUT2D eigenvalue weighted by Crippen LogP contribution is -2.31. The van der Waals surface area contributed by atoms with Gasteiger partial charge in [-0.25, -0.2) is 0 Å². The van der Waals surface area contributed by atoms with Gasteiger partial charge in [-0.3, -0.25) is 4.90 Å². The lowest BCUT2D eigenvalue weighted by Gasteiger charge is -2.27. The van der Waals surface area contributed by atoms with Crippen molar-refractivity contribution in [1.82, 2.24) is 4.90 Å². The van der Waals surface area contributed by atoms with Gasteiger partial charge in [0.1, 0.15) is 0 Å². The molecule has 0 aromatic heterocycles. The molecule has 0 spiro atoms. The molecule has 1 nitrogen and oxygen atoms in total. The normalized spacial score (nSPS) is 36.6. The lowest BCUT2D eigenvalue weighted by atomic mass is 9.97. The maximum atomic E-state index is 2.67. The summed E-state index contributed by atoms with van der Waals surface area (Å²) in [6.45, 7) is 0. The molecule has 0 amide bonds. The molecule has 3 rings (SSSR count). The van der Waals surface area contributed by atoms with Gasteiger partial charge in [0.25, 0.3) is 0 Å². The van der Waals surface area contributed by atoms with Crippen LogP contribution in [0.1, 0.15) is 38.5 Å². The van der Waals surface area contributed by atoms with E-state index in [4.69, 9.17) is 0 Å². The minimum Gasteiger partial charge on any atom is -0.297 e. The Labute approximate surface area is 107 Å². The van der Waals surface area contributed by atoms with Crippen molar-refractivity contribution >= 4 is 23.5 Å². The summed E-state index contributed by atoms with van der Waals surface area (Å²) >= 11 is 4.27. The molecule has 0 radical (unpaired) electrons. The SMILES string of the molecule is CN1[C@H]2CCCC(=C3SCCCS3)[C@H]1CC2. The van der Waals surface area contributed by atoms with Crippen molar-refractivity contribution in [1.29, 1.82) is 0 Å². The Morgan fingerprint density at radius 2 is 1.88 bits per heavy atom. The molecule has 0 N–H and O–H groups in total. The van der Waals surface area contributed by atoms with Crippen molar-refractivity contribution in [3.05, 3.63) is 9.81 Å². The van der Waals surface area contributed by atoms with Crippen LogP contribution in [-0.4, -0.2) is 35.5 Å². The summed E-state index contributed by atoms with van der Waals surface area (Å²) in [7, 11) is 2.35. The Bertz CT molecular complexity index is 292. The van der Waals surface area contributed by atoms with Gasteiger partial charge < -0.3 is 0 Å². The van der Waals surface area contributed by atoms with E-state index >= 15 is 0 Å². The van der Waals surface area contributed by atoms with Crippen LogP contribution in [0.5, 0.6) is 0 Å². The molecule has 90 valence electrons. The number of likely N-dealkylation sites (N-methyl/N-ethyl adjacent to an activating group) is 1. The first-order valence-corrected chi connectivity index (χ1v) is 8.54. The first kappa shape index (κ1) is 11.5. The molecule has 16 heavy (non-hydrogen) atoms. The second-order valence-corrected chi connectivity index (χ2v) is 7.64. The van der Waals surface area contributed by atoms with Gasteiger partial charge in [0, 0.05) is 16.3 Å². The van der Waals surface area contributed by atoms with E-state index in [0.717, 1.165) is 12.1 Å². The van der Waals surface area contributed by atoms with Crippen LogP contribution in [0.2, 0.25) is 0 Å². The van der Waals surface area contributed by atoms with E-state index in [9.17, 15) is 0 Å². The van der Waals surface area contributed by atoms with Crippen molar-refractivity contribution in [2.75, 3.05) is 18.6 Å². The monoisotopic (exact) mass is 255 g/mol. The van der Waals surface area contributed by atoms with Crippen LogP contribution >= 0.6 is 23.5 Å². The third-order valence-corrected chi connectivity index (χ3v) is 6.99. The van der Waals surface area contributed by atoms with E-state index in [0.29, 0.717) is 0 Å². The molecule has 3 aliphatic heterocycles. The van der Waals surface area contributed by atoms with Gasteiger partial charge >= 0.3 is 0 Å². The van der Waals surface area contributed by atoms with Gasteiger partial charge in [-0.1, -0.05) is 0 Å².